The van der Waals surface area contributed by atoms with Crippen molar-refractivity contribution in [3.05, 3.63) is 54.9 Å². The van der Waals surface area contributed by atoms with Gasteiger partial charge in [0.2, 0.25) is 0 Å². The molecule has 0 aliphatic carbocycles. The van der Waals surface area contributed by atoms with Crippen LogP contribution in [0, 0.1) is 7.14 Å². The lowest BCUT2D eigenvalue weighted by Gasteiger charge is -2.07. The van der Waals surface area contributed by atoms with Crippen LogP contribution >= 0.6 is 45.2 Å². The molecule has 1 aromatic heterocycles. The lowest BCUT2D eigenvalue weighted by atomic mass is 10.2. The third-order valence-electron chi connectivity index (χ3n) is 3.72. The summed E-state index contributed by atoms with van der Waals surface area (Å²) in [7, 11) is 1.89. The van der Waals surface area contributed by atoms with Gasteiger partial charge in [0.15, 0.2) is 5.76 Å². The van der Waals surface area contributed by atoms with Crippen LogP contribution in [0.15, 0.2) is 45.9 Å². The monoisotopic (exact) mass is 589 g/mol. The van der Waals surface area contributed by atoms with Crippen LogP contribution in [0.25, 0.3) is 11.0 Å². The van der Waals surface area contributed by atoms with E-state index in [1.807, 2.05) is 38.2 Å². The first-order chi connectivity index (χ1) is 13.0. The number of hydrazone groups is 1. The summed E-state index contributed by atoms with van der Waals surface area (Å²) in [6.45, 7) is 2.50. The highest BCUT2D eigenvalue weighted by Crippen LogP contribution is 2.26. The lowest BCUT2D eigenvalue weighted by molar-refractivity contribution is 0.0929. The topological polar surface area (TPSA) is 75.9 Å². The first-order valence-electron chi connectivity index (χ1n) is 8.18. The smallest absolute Gasteiger partial charge is 0.307 e. The maximum absolute atomic E-state index is 12.3. The molecule has 140 valence electrons. The Morgan fingerprint density at radius 2 is 1.96 bits per heavy atom. The molecule has 0 atom stereocenters. The number of hydrogen-bond donors (Lipinski definition) is 2. The Kier molecular flexibility index (Phi) is 6.58. The molecule has 1 amide bonds. The van der Waals surface area contributed by atoms with Gasteiger partial charge in [-0.25, -0.2) is 5.43 Å². The quantitative estimate of drug-likeness (QED) is 0.245. The molecule has 0 spiro atoms. The number of halogens is 2. The molecule has 0 fully saturated rings. The third-order valence-corrected chi connectivity index (χ3v) is 5.42. The maximum Gasteiger partial charge on any atom is 0.307 e. The zero-order valence-electron chi connectivity index (χ0n) is 14.7. The summed E-state index contributed by atoms with van der Waals surface area (Å²) in [5.74, 6) is 0.534. The van der Waals surface area contributed by atoms with E-state index in [0.717, 1.165) is 29.5 Å². The summed E-state index contributed by atoms with van der Waals surface area (Å²) in [6.07, 6.45) is 1.61. The minimum atomic E-state index is -0.406. The van der Waals surface area contributed by atoms with Crippen LogP contribution < -0.4 is 15.5 Å². The molecule has 0 aliphatic rings. The van der Waals surface area contributed by atoms with E-state index in [0.29, 0.717) is 12.2 Å². The average Bonchev–Trinajstić information content (AvgIpc) is 3.05. The molecule has 2 aromatic carbocycles. The highest BCUT2D eigenvalue weighted by molar-refractivity contribution is 14.1. The van der Waals surface area contributed by atoms with Crippen LogP contribution in [-0.4, -0.2) is 25.8 Å². The molecule has 8 heteroatoms. The van der Waals surface area contributed by atoms with Gasteiger partial charge in [0.25, 0.3) is 0 Å². The van der Waals surface area contributed by atoms with Crippen LogP contribution in [0.5, 0.6) is 5.75 Å². The molecule has 3 rings (SSSR count). The molecular formula is C19H17I2N3O3. The number of rotatable bonds is 6. The number of benzene rings is 2. The van der Waals surface area contributed by atoms with E-state index in [1.54, 1.807) is 18.3 Å². The van der Waals surface area contributed by atoms with Gasteiger partial charge in [-0.05, 0) is 94.1 Å². The minimum absolute atomic E-state index is 0.200. The van der Waals surface area contributed by atoms with Gasteiger partial charge in [0, 0.05) is 19.6 Å². The molecule has 27 heavy (non-hydrogen) atoms. The largest absolute Gasteiger partial charge is 0.494 e. The molecule has 6 nitrogen and oxygen atoms in total. The number of anilines is 1. The number of fused-ring (bicyclic) bond motifs is 1. The summed E-state index contributed by atoms with van der Waals surface area (Å²) in [4.78, 5) is 12.3. The summed E-state index contributed by atoms with van der Waals surface area (Å²) < 4.78 is 13.2. The van der Waals surface area contributed by atoms with Gasteiger partial charge in [-0.1, -0.05) is 0 Å². The normalized spacial score (nSPS) is 11.1. The SMILES string of the molecule is CCOc1ccc2oc(C(=O)N/N=C/c3cc(I)c(NC)c(I)c3)cc2c1. The molecule has 0 radical (unpaired) electrons. The molecule has 2 N–H and O–H groups in total. The van der Waals surface area contributed by atoms with E-state index in [1.165, 1.54) is 0 Å². The Labute approximate surface area is 184 Å². The van der Waals surface area contributed by atoms with E-state index in [-0.39, 0.29) is 5.76 Å². The lowest BCUT2D eigenvalue weighted by Crippen LogP contribution is -2.16. The Bertz CT molecular complexity index is 992. The van der Waals surface area contributed by atoms with Gasteiger partial charge in [0.1, 0.15) is 11.3 Å². The number of ether oxygens (including phenoxy) is 1. The van der Waals surface area contributed by atoms with Gasteiger partial charge in [-0.2, -0.15) is 5.10 Å². The fraction of sp³-hybridized carbons (Fsp3) is 0.158. The predicted molar refractivity (Wildman–Crippen MR) is 124 cm³/mol. The number of nitrogens with zero attached hydrogens (tertiary/aromatic N) is 1. The summed E-state index contributed by atoms with van der Waals surface area (Å²) in [5, 5.41) is 8.00. The van der Waals surface area contributed by atoms with Crippen molar-refractivity contribution in [3.63, 3.8) is 0 Å². The van der Waals surface area contributed by atoms with Crippen LogP contribution in [0.1, 0.15) is 23.0 Å². The van der Waals surface area contributed by atoms with Crippen LogP contribution in [0.2, 0.25) is 0 Å². The molecule has 1 heterocycles. The van der Waals surface area contributed by atoms with Crippen molar-refractivity contribution in [2.75, 3.05) is 19.0 Å². The second kappa shape index (κ2) is 8.91. The zero-order chi connectivity index (χ0) is 19.4. The first-order valence-corrected chi connectivity index (χ1v) is 10.3. The molecular weight excluding hydrogens is 572 g/mol. The second-order valence-electron chi connectivity index (χ2n) is 5.55. The van der Waals surface area contributed by atoms with Gasteiger partial charge >= 0.3 is 5.91 Å². The molecule has 3 aromatic rings. The van der Waals surface area contributed by atoms with E-state index >= 15 is 0 Å². The number of nitrogens with one attached hydrogen (secondary N) is 2. The summed E-state index contributed by atoms with van der Waals surface area (Å²) in [6, 6.07) is 11.1. The van der Waals surface area contributed by atoms with Crippen molar-refractivity contribution in [2.45, 2.75) is 6.92 Å². The van der Waals surface area contributed by atoms with E-state index in [2.05, 4.69) is 61.0 Å². The highest BCUT2D eigenvalue weighted by atomic mass is 127. The standard InChI is InChI=1S/C19H17I2N3O3/c1-3-26-13-4-5-16-12(8-13)9-17(27-16)19(25)24-23-10-11-6-14(20)18(22-2)15(21)7-11/h4-10,22H,3H2,1-2H3,(H,24,25)/b23-10+. The number of furan rings is 1. The number of carbonyl (C=O) groups is 1. The summed E-state index contributed by atoms with van der Waals surface area (Å²) >= 11 is 4.52. The predicted octanol–water partition coefficient (Wildman–Crippen LogP) is 4.85. The molecule has 0 aliphatic heterocycles. The Morgan fingerprint density at radius 3 is 2.63 bits per heavy atom. The van der Waals surface area contributed by atoms with Crippen molar-refractivity contribution in [2.24, 2.45) is 5.10 Å². The Hall–Kier alpha value is -1.82. The average molecular weight is 589 g/mol. The molecule has 0 saturated carbocycles. The van der Waals surface area contributed by atoms with Crippen molar-refractivity contribution < 1.29 is 13.9 Å². The van der Waals surface area contributed by atoms with Gasteiger partial charge < -0.3 is 14.5 Å². The zero-order valence-corrected chi connectivity index (χ0v) is 19.0. The number of hydrogen-bond acceptors (Lipinski definition) is 5. The van der Waals surface area contributed by atoms with E-state index < -0.39 is 5.91 Å². The summed E-state index contributed by atoms with van der Waals surface area (Å²) in [5.41, 5.74) is 5.10. The molecule has 0 saturated heterocycles. The first kappa shape index (κ1) is 19.9. The number of amides is 1. The van der Waals surface area contributed by atoms with Crippen LogP contribution in [0.3, 0.4) is 0 Å². The second-order valence-corrected chi connectivity index (χ2v) is 7.88. The van der Waals surface area contributed by atoms with Gasteiger partial charge in [-0.3, -0.25) is 4.79 Å². The van der Waals surface area contributed by atoms with Gasteiger partial charge in [0.05, 0.1) is 18.5 Å². The van der Waals surface area contributed by atoms with Crippen molar-refractivity contribution in [1.82, 2.24) is 5.43 Å². The van der Waals surface area contributed by atoms with Crippen LogP contribution in [0.4, 0.5) is 5.69 Å². The molecule has 0 unspecified atom stereocenters. The maximum atomic E-state index is 12.3. The minimum Gasteiger partial charge on any atom is -0.494 e. The van der Waals surface area contributed by atoms with Crippen molar-refractivity contribution in [3.8, 4) is 5.75 Å². The van der Waals surface area contributed by atoms with Crippen molar-refractivity contribution in [1.29, 1.82) is 0 Å². The Balaban J connectivity index is 1.72. The van der Waals surface area contributed by atoms with E-state index in [9.17, 15) is 4.79 Å². The van der Waals surface area contributed by atoms with E-state index in [4.69, 9.17) is 9.15 Å². The molecule has 0 bridgehead atoms. The van der Waals surface area contributed by atoms with Crippen LogP contribution in [-0.2, 0) is 0 Å². The third kappa shape index (κ3) is 4.72. The Morgan fingerprint density at radius 1 is 1.22 bits per heavy atom. The fourth-order valence-corrected chi connectivity index (χ4v) is 4.87. The van der Waals surface area contributed by atoms with Gasteiger partial charge in [-0.15, -0.1) is 0 Å². The highest BCUT2D eigenvalue weighted by Gasteiger charge is 2.12. The number of carbonyl (C=O) groups excluding carboxylic acids is 1. The fourth-order valence-electron chi connectivity index (χ4n) is 2.52. The van der Waals surface area contributed by atoms with Crippen molar-refractivity contribution >= 4 is 74.0 Å².